The van der Waals surface area contributed by atoms with Gasteiger partial charge in [-0.05, 0) is 48.6 Å². The monoisotopic (exact) mass is 843 g/mol. The third-order valence-corrected chi connectivity index (χ3v) is 14.0. The number of thiazole rings is 1. The van der Waals surface area contributed by atoms with Crippen LogP contribution in [0.5, 0.6) is 11.5 Å². The lowest BCUT2D eigenvalue weighted by Gasteiger charge is -2.35. The van der Waals surface area contributed by atoms with Gasteiger partial charge in [0.25, 0.3) is 5.92 Å². The zero-order valence-corrected chi connectivity index (χ0v) is 35.6. The Morgan fingerprint density at radius 1 is 1.05 bits per heavy atom. The number of fused-ring (bicyclic) bond motifs is 2. The Labute approximate surface area is 346 Å². The number of aliphatic carboxylic acids is 1. The van der Waals surface area contributed by atoms with Crippen molar-refractivity contribution in [1.82, 2.24) is 14.9 Å². The number of ketones is 1. The Hall–Kier alpha value is -3.91. The summed E-state index contributed by atoms with van der Waals surface area (Å²) in [6.07, 6.45) is 0.150. The molecule has 3 heterocycles. The molecule has 314 valence electrons. The van der Waals surface area contributed by atoms with E-state index in [9.17, 15) is 33.1 Å². The molecule has 3 aliphatic carbocycles. The van der Waals surface area contributed by atoms with Crippen molar-refractivity contribution in [2.24, 2.45) is 40.4 Å². The molecule has 3 saturated carbocycles. The molecule has 0 radical (unpaired) electrons. The number of carbonyl (C=O) groups is 4. The second-order valence-corrected chi connectivity index (χ2v) is 19.5. The molecule has 15 heteroatoms. The number of rotatable bonds is 15. The number of hydrogen-bond donors (Lipinski definition) is 1. The maximum atomic E-state index is 14.7. The van der Waals surface area contributed by atoms with Crippen LogP contribution in [0.3, 0.4) is 0 Å². The number of ether oxygens (including phenoxy) is 3. The van der Waals surface area contributed by atoms with Crippen molar-refractivity contribution in [1.29, 1.82) is 0 Å². The Morgan fingerprint density at radius 2 is 1.76 bits per heavy atom. The topological polar surface area (TPSA) is 145 Å². The molecule has 3 aromatic rings. The van der Waals surface area contributed by atoms with Gasteiger partial charge in [-0.1, -0.05) is 59.6 Å². The van der Waals surface area contributed by atoms with Crippen molar-refractivity contribution >= 4 is 57.5 Å². The number of likely N-dealkylation sites (tertiary alicyclic amines) is 1. The molecule has 58 heavy (non-hydrogen) atoms. The van der Waals surface area contributed by atoms with Crippen LogP contribution in [0.1, 0.15) is 91.5 Å². The van der Waals surface area contributed by atoms with E-state index in [0.717, 1.165) is 11.4 Å². The van der Waals surface area contributed by atoms with Crippen molar-refractivity contribution in [2.75, 3.05) is 13.7 Å². The van der Waals surface area contributed by atoms with E-state index in [4.69, 9.17) is 35.8 Å². The predicted molar refractivity (Wildman–Crippen MR) is 214 cm³/mol. The van der Waals surface area contributed by atoms with Gasteiger partial charge in [0.15, 0.2) is 5.78 Å². The highest BCUT2D eigenvalue weighted by molar-refractivity contribution is 7.09. The average molecular weight is 844 g/mol. The molecule has 3 unspecified atom stereocenters. The SMILES string of the molecule is CCC1C[C@]1(CC(=O)[C@@H]1CC(Oc2cc(-c3csc(CC(C)C)n3)nc3c(Cl)c(OC)ccc23)CN1C(=O)[C@@H](CC(=O)OC1C[C@@H]2[C@H](C1)C2(F)F)C(C)(C)C)C(=O)O. The first kappa shape index (κ1) is 42.2. The second-order valence-electron chi connectivity index (χ2n) is 18.2. The fraction of sp³-hybridized carbons (Fsp3) is 0.628. The molecule has 0 spiro atoms. The van der Waals surface area contributed by atoms with Crippen molar-refractivity contribution in [3.63, 3.8) is 0 Å². The summed E-state index contributed by atoms with van der Waals surface area (Å²) >= 11 is 8.36. The summed E-state index contributed by atoms with van der Waals surface area (Å²) in [5.74, 6) is -6.66. The van der Waals surface area contributed by atoms with E-state index in [0.29, 0.717) is 52.5 Å². The summed E-state index contributed by atoms with van der Waals surface area (Å²) in [5.41, 5.74) is -0.394. The summed E-state index contributed by atoms with van der Waals surface area (Å²) in [6, 6.07) is 4.23. The Kier molecular flexibility index (Phi) is 11.4. The number of carboxylic acids is 1. The number of alkyl halides is 2. The van der Waals surface area contributed by atoms with Gasteiger partial charge in [-0.3, -0.25) is 19.2 Å². The van der Waals surface area contributed by atoms with Gasteiger partial charge >= 0.3 is 11.9 Å². The average Bonchev–Trinajstić information content (AvgIpc) is 3.58. The van der Waals surface area contributed by atoms with Gasteiger partial charge < -0.3 is 24.2 Å². The lowest BCUT2D eigenvalue weighted by atomic mass is 9.77. The molecule has 7 rings (SSSR count). The summed E-state index contributed by atoms with van der Waals surface area (Å²) in [5, 5.41) is 14.0. The molecule has 1 amide bonds. The third kappa shape index (κ3) is 8.03. The second kappa shape index (κ2) is 15.6. The van der Waals surface area contributed by atoms with Crippen LogP contribution in [-0.4, -0.2) is 81.4 Å². The van der Waals surface area contributed by atoms with Crippen molar-refractivity contribution in [3.05, 3.63) is 33.6 Å². The van der Waals surface area contributed by atoms with E-state index in [1.165, 1.54) is 23.3 Å². The fourth-order valence-electron chi connectivity index (χ4n) is 9.20. The van der Waals surface area contributed by atoms with Crippen LogP contribution in [0.2, 0.25) is 5.02 Å². The molecule has 1 N–H and O–H groups in total. The van der Waals surface area contributed by atoms with Crippen molar-refractivity contribution < 1.29 is 47.3 Å². The smallest absolute Gasteiger partial charge is 0.310 e. The molecule has 11 nitrogen and oxygen atoms in total. The number of carbonyl (C=O) groups excluding carboxylic acids is 3. The van der Waals surface area contributed by atoms with Crippen LogP contribution >= 0.6 is 22.9 Å². The highest BCUT2D eigenvalue weighted by Gasteiger charge is 2.72. The number of pyridine rings is 1. The normalized spacial score (nSPS) is 27.7. The molecule has 0 bridgehead atoms. The minimum absolute atomic E-state index is 0.0204. The summed E-state index contributed by atoms with van der Waals surface area (Å²) in [7, 11) is 1.51. The summed E-state index contributed by atoms with van der Waals surface area (Å²) in [4.78, 5) is 66.1. The molecular formula is C43H52ClF2N3O8S. The number of aromatic nitrogens is 2. The first-order valence-corrected chi connectivity index (χ1v) is 21.5. The van der Waals surface area contributed by atoms with Gasteiger partial charge in [0, 0.05) is 47.9 Å². The minimum Gasteiger partial charge on any atom is -0.495 e. The number of esters is 1. The number of benzene rings is 1. The van der Waals surface area contributed by atoms with Gasteiger partial charge in [0.1, 0.15) is 28.7 Å². The number of halogens is 3. The van der Waals surface area contributed by atoms with Gasteiger partial charge in [-0.2, -0.15) is 0 Å². The van der Waals surface area contributed by atoms with E-state index in [2.05, 4.69) is 13.8 Å². The fourth-order valence-corrected chi connectivity index (χ4v) is 10.5. The number of methoxy groups -OCH3 is 1. The van der Waals surface area contributed by atoms with Crippen LogP contribution in [0.25, 0.3) is 22.3 Å². The van der Waals surface area contributed by atoms with Gasteiger partial charge in [0.2, 0.25) is 5.91 Å². The Balaban J connectivity index is 1.19. The standard InChI is InChI=1S/C43H52ClF2N3O8S/c1-8-22-17-42(22,40(53)54)18-32(50)31-14-24(19-49(31)39(52)28(41(4,5)6)15-36(51)57-23-12-26-27(13-23)43(26,45)46)56-34-16-29(30-20-58-35(47-30)11-21(2)3)48-38-25(34)9-10-33(55-7)37(38)44/h9-10,16,20-24,26-28,31H,8,11-15,17-19H2,1-7H3,(H,53,54)/t22?,23?,24?,26-,27+,28-,31+,42-/m1/s1. The van der Waals surface area contributed by atoms with Crippen molar-refractivity contribution in [3.8, 4) is 22.9 Å². The van der Waals surface area contributed by atoms with Crippen molar-refractivity contribution in [2.45, 2.75) is 117 Å². The first-order chi connectivity index (χ1) is 27.3. The van der Waals surface area contributed by atoms with E-state index in [-0.39, 0.29) is 55.4 Å². The first-order valence-electron chi connectivity index (χ1n) is 20.2. The van der Waals surface area contributed by atoms with E-state index < -0.39 is 70.6 Å². The molecule has 8 atom stereocenters. The van der Waals surface area contributed by atoms with Gasteiger partial charge in [0.05, 0.1) is 59.4 Å². The quantitative estimate of drug-likeness (QED) is 0.148. The number of hydrogen-bond acceptors (Lipinski definition) is 10. The number of carboxylic acid groups (broad SMARTS) is 1. The molecule has 1 aliphatic heterocycles. The Bertz CT molecular complexity index is 2110. The van der Waals surface area contributed by atoms with Crippen LogP contribution in [0, 0.1) is 40.4 Å². The van der Waals surface area contributed by atoms with Gasteiger partial charge in [-0.15, -0.1) is 11.3 Å². The third-order valence-electron chi connectivity index (χ3n) is 12.7. The molecule has 2 aromatic heterocycles. The maximum absolute atomic E-state index is 14.7. The molecule has 1 aromatic carbocycles. The van der Waals surface area contributed by atoms with Crippen LogP contribution in [0.4, 0.5) is 8.78 Å². The predicted octanol–water partition coefficient (Wildman–Crippen LogP) is 8.67. The van der Waals surface area contributed by atoms with Gasteiger partial charge in [-0.25, -0.2) is 18.7 Å². The molecule has 1 saturated heterocycles. The van der Waals surface area contributed by atoms with Crippen LogP contribution in [-0.2, 0) is 30.3 Å². The summed E-state index contributed by atoms with van der Waals surface area (Å²) in [6.45, 7) is 11.6. The lowest BCUT2D eigenvalue weighted by Crippen LogP contribution is -2.48. The largest absolute Gasteiger partial charge is 0.495 e. The Morgan fingerprint density at radius 3 is 2.36 bits per heavy atom. The van der Waals surface area contributed by atoms with E-state index >= 15 is 0 Å². The number of amides is 1. The zero-order valence-electron chi connectivity index (χ0n) is 34.0. The molecule has 4 aliphatic rings. The van der Waals surface area contributed by atoms with E-state index in [1.807, 2.05) is 33.1 Å². The maximum Gasteiger partial charge on any atom is 0.310 e. The highest BCUT2D eigenvalue weighted by atomic mass is 35.5. The lowest BCUT2D eigenvalue weighted by molar-refractivity contribution is -0.157. The van der Waals surface area contributed by atoms with Crippen LogP contribution < -0.4 is 9.47 Å². The number of Topliss-reactive ketones (excluding diaryl/α,β-unsaturated/α-hetero) is 1. The van der Waals surface area contributed by atoms with Crippen LogP contribution in [0.15, 0.2) is 23.6 Å². The van der Waals surface area contributed by atoms with E-state index in [1.54, 1.807) is 18.2 Å². The number of nitrogens with zero attached hydrogens (tertiary/aromatic N) is 3. The molecule has 4 fully saturated rings. The highest BCUT2D eigenvalue weighted by Crippen LogP contribution is 2.64. The summed E-state index contributed by atoms with van der Waals surface area (Å²) < 4.78 is 45.6. The zero-order chi connectivity index (χ0) is 42.1. The minimum atomic E-state index is -2.71. The molecular weight excluding hydrogens is 792 g/mol.